The van der Waals surface area contributed by atoms with E-state index in [1.807, 2.05) is 68.4 Å². The van der Waals surface area contributed by atoms with E-state index < -0.39 is 0 Å². The van der Waals surface area contributed by atoms with Crippen LogP contribution in [0.2, 0.25) is 0 Å². The Morgan fingerprint density at radius 1 is 1.11 bits per heavy atom. The number of thioether (sulfide) groups is 1. The van der Waals surface area contributed by atoms with Gasteiger partial charge in [-0.05, 0) is 63.1 Å². The smallest absolute Gasteiger partial charge is 0.237 e. The van der Waals surface area contributed by atoms with Crippen LogP contribution in [0, 0.1) is 6.92 Å². The number of hydrogen-bond donors (Lipinski definition) is 1. The fourth-order valence-corrected chi connectivity index (χ4v) is 3.83. The first-order valence-electron chi connectivity index (χ1n) is 9.32. The minimum Gasteiger partial charge on any atom is -0.457 e. The molecule has 1 unspecified atom stereocenters. The zero-order chi connectivity index (χ0) is 19.5. The van der Waals surface area contributed by atoms with Gasteiger partial charge in [0.2, 0.25) is 5.91 Å². The number of ether oxygens (including phenoxy) is 1. The van der Waals surface area contributed by atoms with E-state index >= 15 is 0 Å². The number of benzene rings is 2. The lowest BCUT2D eigenvalue weighted by Gasteiger charge is -2.13. The standard InChI is InChI=1S/C21H22N4O2S/c1-14(28-21-24-23-15(2)25(21)17-10-11-17)20(26)22-16-8-12-19(13-9-16)27-18-6-4-3-5-7-18/h3-9,12-14,17H,10-11H2,1-2H3,(H,22,26). The molecule has 1 amide bonds. The summed E-state index contributed by atoms with van der Waals surface area (Å²) in [5.74, 6) is 2.34. The molecule has 1 aliphatic carbocycles. The highest BCUT2D eigenvalue weighted by Gasteiger charge is 2.29. The van der Waals surface area contributed by atoms with E-state index in [1.165, 1.54) is 11.8 Å². The number of anilines is 1. The molecule has 4 rings (SSSR count). The Labute approximate surface area is 168 Å². The van der Waals surface area contributed by atoms with Crippen LogP contribution < -0.4 is 10.1 Å². The molecule has 0 saturated heterocycles. The molecule has 1 fully saturated rings. The number of carbonyl (C=O) groups excluding carboxylic acids is 1. The summed E-state index contributed by atoms with van der Waals surface area (Å²) in [7, 11) is 0. The normalized spacial score (nSPS) is 14.5. The van der Waals surface area contributed by atoms with Crippen LogP contribution in [-0.2, 0) is 4.79 Å². The van der Waals surface area contributed by atoms with Crippen LogP contribution in [0.25, 0.3) is 0 Å². The maximum absolute atomic E-state index is 12.6. The molecular weight excluding hydrogens is 372 g/mol. The Balaban J connectivity index is 1.35. The van der Waals surface area contributed by atoms with Crippen LogP contribution in [0.3, 0.4) is 0 Å². The highest BCUT2D eigenvalue weighted by molar-refractivity contribution is 8.00. The minimum absolute atomic E-state index is 0.0651. The Kier molecular flexibility index (Phi) is 5.34. The fourth-order valence-electron chi connectivity index (χ4n) is 2.87. The number of nitrogens with one attached hydrogen (secondary N) is 1. The van der Waals surface area contributed by atoms with Crippen molar-refractivity contribution in [1.29, 1.82) is 0 Å². The SMILES string of the molecule is Cc1nnc(SC(C)C(=O)Nc2ccc(Oc3ccccc3)cc2)n1C1CC1. The second kappa shape index (κ2) is 8.06. The quantitative estimate of drug-likeness (QED) is 0.581. The van der Waals surface area contributed by atoms with Crippen molar-refractivity contribution in [1.82, 2.24) is 14.8 Å². The van der Waals surface area contributed by atoms with Crippen molar-refractivity contribution < 1.29 is 9.53 Å². The van der Waals surface area contributed by atoms with Crippen molar-refractivity contribution in [2.45, 2.75) is 43.1 Å². The number of nitrogens with zero attached hydrogens (tertiary/aromatic N) is 3. The summed E-state index contributed by atoms with van der Waals surface area (Å²) >= 11 is 1.44. The maximum Gasteiger partial charge on any atom is 0.237 e. The molecule has 1 N–H and O–H groups in total. The van der Waals surface area contributed by atoms with E-state index in [2.05, 4.69) is 20.1 Å². The molecule has 3 aromatic rings. The number of rotatable bonds is 7. The molecule has 1 atom stereocenters. The third-order valence-electron chi connectivity index (χ3n) is 4.50. The fraction of sp³-hybridized carbons (Fsp3) is 0.286. The van der Waals surface area contributed by atoms with Gasteiger partial charge in [0.25, 0.3) is 0 Å². The lowest BCUT2D eigenvalue weighted by Crippen LogP contribution is -2.22. The second-order valence-electron chi connectivity index (χ2n) is 6.82. The van der Waals surface area contributed by atoms with Crippen molar-refractivity contribution in [3.63, 3.8) is 0 Å². The first-order chi connectivity index (χ1) is 13.6. The number of hydrogen-bond acceptors (Lipinski definition) is 5. The predicted molar refractivity (Wildman–Crippen MR) is 110 cm³/mol. The third-order valence-corrected chi connectivity index (χ3v) is 5.56. The summed E-state index contributed by atoms with van der Waals surface area (Å²) in [4.78, 5) is 12.6. The van der Waals surface area contributed by atoms with Crippen molar-refractivity contribution in [2.75, 3.05) is 5.32 Å². The van der Waals surface area contributed by atoms with Gasteiger partial charge in [-0.1, -0.05) is 30.0 Å². The molecule has 0 radical (unpaired) electrons. The molecule has 1 saturated carbocycles. The van der Waals surface area contributed by atoms with Gasteiger partial charge in [0.15, 0.2) is 5.16 Å². The number of carbonyl (C=O) groups is 1. The Morgan fingerprint density at radius 2 is 1.79 bits per heavy atom. The summed E-state index contributed by atoms with van der Waals surface area (Å²) in [5.41, 5.74) is 0.734. The first kappa shape index (κ1) is 18.6. The molecule has 28 heavy (non-hydrogen) atoms. The number of aromatic nitrogens is 3. The lowest BCUT2D eigenvalue weighted by atomic mass is 10.3. The van der Waals surface area contributed by atoms with Gasteiger partial charge in [-0.15, -0.1) is 10.2 Å². The predicted octanol–water partition coefficient (Wildman–Crippen LogP) is 4.83. The van der Waals surface area contributed by atoms with Crippen molar-refractivity contribution >= 4 is 23.4 Å². The molecule has 1 aliphatic rings. The van der Waals surface area contributed by atoms with E-state index in [1.54, 1.807) is 0 Å². The summed E-state index contributed by atoms with van der Waals surface area (Å²) in [6.07, 6.45) is 2.31. The second-order valence-corrected chi connectivity index (χ2v) is 8.13. The summed E-state index contributed by atoms with van der Waals surface area (Å²) < 4.78 is 7.92. The largest absolute Gasteiger partial charge is 0.457 e. The molecular formula is C21H22N4O2S. The van der Waals surface area contributed by atoms with Gasteiger partial charge in [0.1, 0.15) is 17.3 Å². The monoisotopic (exact) mass is 394 g/mol. The van der Waals surface area contributed by atoms with E-state index in [0.29, 0.717) is 6.04 Å². The molecule has 0 spiro atoms. The van der Waals surface area contributed by atoms with E-state index in [-0.39, 0.29) is 11.2 Å². The van der Waals surface area contributed by atoms with Crippen LogP contribution in [-0.4, -0.2) is 25.9 Å². The third kappa shape index (κ3) is 4.36. The van der Waals surface area contributed by atoms with Crippen molar-refractivity contribution in [3.8, 4) is 11.5 Å². The average Bonchev–Trinajstić information content (AvgIpc) is 3.47. The molecule has 144 valence electrons. The Hall–Kier alpha value is -2.80. The summed E-state index contributed by atoms with van der Waals surface area (Å²) in [6.45, 7) is 3.84. The van der Waals surface area contributed by atoms with Gasteiger partial charge in [0, 0.05) is 11.7 Å². The van der Waals surface area contributed by atoms with Gasteiger partial charge in [0.05, 0.1) is 5.25 Å². The Morgan fingerprint density at radius 3 is 2.46 bits per heavy atom. The molecule has 6 nitrogen and oxygen atoms in total. The molecule has 0 aliphatic heterocycles. The summed E-state index contributed by atoms with van der Waals surface area (Å²) in [5, 5.41) is 11.9. The molecule has 1 aromatic heterocycles. The topological polar surface area (TPSA) is 69.0 Å². The van der Waals surface area contributed by atoms with Crippen LogP contribution in [0.5, 0.6) is 11.5 Å². The number of para-hydroxylation sites is 1. The summed E-state index contributed by atoms with van der Waals surface area (Å²) in [6, 6.07) is 17.4. The van der Waals surface area contributed by atoms with Crippen LogP contribution >= 0.6 is 11.8 Å². The highest BCUT2D eigenvalue weighted by atomic mass is 32.2. The number of amides is 1. The van der Waals surface area contributed by atoms with Crippen LogP contribution in [0.1, 0.15) is 31.6 Å². The first-order valence-corrected chi connectivity index (χ1v) is 10.2. The zero-order valence-corrected chi connectivity index (χ0v) is 16.6. The van der Waals surface area contributed by atoms with Gasteiger partial charge >= 0.3 is 0 Å². The average molecular weight is 395 g/mol. The van der Waals surface area contributed by atoms with Gasteiger partial charge < -0.3 is 14.6 Å². The van der Waals surface area contributed by atoms with Crippen LogP contribution in [0.4, 0.5) is 5.69 Å². The van der Waals surface area contributed by atoms with Gasteiger partial charge in [-0.2, -0.15) is 0 Å². The van der Waals surface area contributed by atoms with Crippen molar-refractivity contribution in [3.05, 3.63) is 60.4 Å². The molecule has 2 aromatic carbocycles. The maximum atomic E-state index is 12.6. The van der Waals surface area contributed by atoms with E-state index in [0.717, 1.165) is 41.0 Å². The van der Waals surface area contributed by atoms with E-state index in [4.69, 9.17) is 4.74 Å². The van der Waals surface area contributed by atoms with Crippen LogP contribution in [0.15, 0.2) is 59.8 Å². The number of aryl methyl sites for hydroxylation is 1. The minimum atomic E-state index is -0.277. The van der Waals surface area contributed by atoms with E-state index in [9.17, 15) is 4.79 Å². The molecule has 0 bridgehead atoms. The van der Waals surface area contributed by atoms with Crippen molar-refractivity contribution in [2.24, 2.45) is 0 Å². The van der Waals surface area contributed by atoms with Gasteiger partial charge in [-0.25, -0.2) is 0 Å². The van der Waals surface area contributed by atoms with Gasteiger partial charge in [-0.3, -0.25) is 4.79 Å². The lowest BCUT2D eigenvalue weighted by molar-refractivity contribution is -0.115. The Bertz CT molecular complexity index is 952. The molecule has 1 heterocycles. The molecule has 7 heteroatoms. The zero-order valence-electron chi connectivity index (χ0n) is 15.8. The highest BCUT2D eigenvalue weighted by Crippen LogP contribution is 2.39.